The molecular formula is C39H25N3. The number of benzene rings is 6. The summed E-state index contributed by atoms with van der Waals surface area (Å²) >= 11 is 0. The third kappa shape index (κ3) is 4.03. The van der Waals surface area contributed by atoms with Gasteiger partial charge in [0.2, 0.25) is 0 Å². The van der Waals surface area contributed by atoms with Gasteiger partial charge in [0, 0.05) is 29.1 Å². The Morgan fingerprint density at radius 1 is 0.333 bits per heavy atom. The third-order valence-corrected chi connectivity index (χ3v) is 7.95. The zero-order valence-electron chi connectivity index (χ0n) is 22.8. The fourth-order valence-electron chi connectivity index (χ4n) is 6.05. The minimum absolute atomic E-state index is 0.882. The van der Waals surface area contributed by atoms with Gasteiger partial charge >= 0.3 is 0 Å². The molecule has 0 unspecified atom stereocenters. The number of aromatic nitrogens is 3. The predicted octanol–water partition coefficient (Wildman–Crippen LogP) is 10.00. The summed E-state index contributed by atoms with van der Waals surface area (Å²) in [7, 11) is 0. The first-order valence-corrected chi connectivity index (χ1v) is 14.1. The molecule has 2 aromatic heterocycles. The van der Waals surface area contributed by atoms with Gasteiger partial charge in [-0.2, -0.15) is 0 Å². The van der Waals surface area contributed by atoms with Crippen LogP contribution in [0.1, 0.15) is 0 Å². The van der Waals surface area contributed by atoms with Gasteiger partial charge < -0.3 is 0 Å². The van der Waals surface area contributed by atoms with Gasteiger partial charge in [0.15, 0.2) is 0 Å². The molecule has 0 amide bonds. The lowest BCUT2D eigenvalue weighted by Gasteiger charge is -2.18. The molecule has 3 heteroatoms. The zero-order chi connectivity index (χ0) is 27.9. The first-order valence-electron chi connectivity index (χ1n) is 14.1. The molecule has 8 aromatic rings. The molecule has 0 atom stereocenters. The molecule has 0 spiro atoms. The van der Waals surface area contributed by atoms with E-state index in [1.165, 1.54) is 38.2 Å². The molecule has 0 saturated carbocycles. The number of fused-ring (bicyclic) bond motifs is 3. The molecule has 3 nitrogen and oxygen atoms in total. The second-order valence-corrected chi connectivity index (χ2v) is 10.4. The molecule has 0 N–H and O–H groups in total. The van der Waals surface area contributed by atoms with E-state index in [2.05, 4.69) is 96.0 Å². The van der Waals surface area contributed by atoms with Crippen molar-refractivity contribution in [3.63, 3.8) is 0 Å². The predicted molar refractivity (Wildman–Crippen MR) is 174 cm³/mol. The van der Waals surface area contributed by atoms with E-state index >= 15 is 0 Å². The second kappa shape index (κ2) is 10.1. The monoisotopic (exact) mass is 535 g/mol. The van der Waals surface area contributed by atoms with Crippen LogP contribution >= 0.6 is 0 Å². The van der Waals surface area contributed by atoms with Gasteiger partial charge in [-0.25, -0.2) is 9.97 Å². The topological polar surface area (TPSA) is 38.7 Å². The number of nitrogens with zero attached hydrogens (tertiary/aromatic N) is 3. The Labute approximate surface area is 243 Å². The standard InChI is InChI=1S/C39H25N3/c1-2-11-27(12-3-1)38-39(42-35-19-9-8-18-34(35)41-38)28-22-20-26(21-23-28)36-30-14-4-6-16-32(30)37(29-13-10-24-40-25-29)33-17-7-5-15-31(33)36/h1-25H. The Bertz CT molecular complexity index is 2170. The average Bonchev–Trinajstić information content (AvgIpc) is 3.07. The molecule has 0 aliphatic rings. The van der Waals surface area contributed by atoms with Crippen LogP contribution in [0.25, 0.3) is 77.3 Å². The van der Waals surface area contributed by atoms with Crippen molar-refractivity contribution in [2.24, 2.45) is 0 Å². The van der Waals surface area contributed by atoms with Gasteiger partial charge in [0.25, 0.3) is 0 Å². The number of rotatable bonds is 4. The molecule has 196 valence electrons. The maximum Gasteiger partial charge on any atom is 0.0973 e. The summed E-state index contributed by atoms with van der Waals surface area (Å²) in [6.07, 6.45) is 3.78. The molecule has 42 heavy (non-hydrogen) atoms. The summed E-state index contributed by atoms with van der Waals surface area (Å²) in [5, 5.41) is 4.88. The largest absolute Gasteiger partial charge is 0.264 e. The Morgan fingerprint density at radius 3 is 1.29 bits per heavy atom. The smallest absolute Gasteiger partial charge is 0.0973 e. The quantitative estimate of drug-likeness (QED) is 0.211. The number of para-hydroxylation sites is 2. The van der Waals surface area contributed by atoms with E-state index < -0.39 is 0 Å². The van der Waals surface area contributed by atoms with Gasteiger partial charge in [-0.05, 0) is 56.4 Å². The average molecular weight is 536 g/mol. The lowest BCUT2D eigenvalue weighted by atomic mass is 9.86. The van der Waals surface area contributed by atoms with Gasteiger partial charge in [0.1, 0.15) is 0 Å². The van der Waals surface area contributed by atoms with Crippen molar-refractivity contribution >= 4 is 32.6 Å². The van der Waals surface area contributed by atoms with E-state index in [1.54, 1.807) is 0 Å². The number of pyridine rings is 1. The highest BCUT2D eigenvalue weighted by Gasteiger charge is 2.18. The van der Waals surface area contributed by atoms with E-state index in [9.17, 15) is 0 Å². The fourth-order valence-corrected chi connectivity index (χ4v) is 6.05. The highest BCUT2D eigenvalue weighted by Crippen LogP contribution is 2.43. The highest BCUT2D eigenvalue weighted by atomic mass is 14.8. The van der Waals surface area contributed by atoms with Gasteiger partial charge in [-0.15, -0.1) is 0 Å². The Balaban J connectivity index is 1.34. The van der Waals surface area contributed by atoms with E-state index in [-0.39, 0.29) is 0 Å². The molecule has 0 bridgehead atoms. The summed E-state index contributed by atoms with van der Waals surface area (Å²) in [5.74, 6) is 0. The molecule has 8 rings (SSSR count). The molecule has 0 aliphatic heterocycles. The Morgan fingerprint density at radius 2 is 0.762 bits per heavy atom. The lowest BCUT2D eigenvalue weighted by Crippen LogP contribution is -1.95. The first kappa shape index (κ1) is 24.2. The summed E-state index contributed by atoms with van der Waals surface area (Å²) in [6.45, 7) is 0. The van der Waals surface area contributed by atoms with Gasteiger partial charge in [0.05, 0.1) is 22.4 Å². The number of hydrogen-bond acceptors (Lipinski definition) is 3. The van der Waals surface area contributed by atoms with Crippen LogP contribution in [0.5, 0.6) is 0 Å². The van der Waals surface area contributed by atoms with Crippen molar-refractivity contribution < 1.29 is 0 Å². The Hall–Kier alpha value is -5.67. The number of hydrogen-bond donors (Lipinski definition) is 0. The molecule has 0 fully saturated rings. The minimum atomic E-state index is 0.882. The van der Waals surface area contributed by atoms with Crippen molar-refractivity contribution in [2.75, 3.05) is 0 Å². The molecule has 0 saturated heterocycles. The van der Waals surface area contributed by atoms with Gasteiger partial charge in [-0.3, -0.25) is 4.98 Å². The van der Waals surface area contributed by atoms with Crippen LogP contribution in [-0.2, 0) is 0 Å². The second-order valence-electron chi connectivity index (χ2n) is 10.4. The molecule has 0 radical (unpaired) electrons. The summed E-state index contributed by atoms with van der Waals surface area (Å²) in [5.41, 5.74) is 10.4. The van der Waals surface area contributed by atoms with Crippen LogP contribution in [-0.4, -0.2) is 15.0 Å². The van der Waals surface area contributed by atoms with E-state index in [1.807, 2.05) is 60.9 Å². The lowest BCUT2D eigenvalue weighted by molar-refractivity contribution is 1.29. The maximum atomic E-state index is 5.10. The SMILES string of the molecule is c1ccc(-c2nc3ccccc3nc2-c2ccc(-c3c4ccccc4c(-c4cccnc4)c4ccccc34)cc2)cc1. The normalized spacial score (nSPS) is 11.3. The first-order chi connectivity index (χ1) is 20.8. The summed E-state index contributed by atoms with van der Waals surface area (Å²) in [6, 6.07) is 48.7. The Kier molecular flexibility index (Phi) is 5.79. The minimum Gasteiger partial charge on any atom is -0.264 e. The molecule has 0 aliphatic carbocycles. The summed E-state index contributed by atoms with van der Waals surface area (Å²) < 4.78 is 0. The van der Waals surface area contributed by atoms with Crippen molar-refractivity contribution in [1.82, 2.24) is 15.0 Å². The van der Waals surface area contributed by atoms with Crippen LogP contribution < -0.4 is 0 Å². The summed E-state index contributed by atoms with van der Waals surface area (Å²) in [4.78, 5) is 14.6. The molecule has 2 heterocycles. The van der Waals surface area contributed by atoms with Crippen LogP contribution in [0.15, 0.2) is 152 Å². The van der Waals surface area contributed by atoms with Crippen LogP contribution in [0, 0.1) is 0 Å². The van der Waals surface area contributed by atoms with Crippen LogP contribution in [0.2, 0.25) is 0 Å². The third-order valence-electron chi connectivity index (χ3n) is 7.95. The van der Waals surface area contributed by atoms with Gasteiger partial charge in [-0.1, -0.05) is 121 Å². The van der Waals surface area contributed by atoms with Crippen LogP contribution in [0.3, 0.4) is 0 Å². The van der Waals surface area contributed by atoms with Crippen molar-refractivity contribution in [3.05, 3.63) is 152 Å². The molecular weight excluding hydrogens is 510 g/mol. The highest BCUT2D eigenvalue weighted by molar-refractivity contribution is 6.21. The van der Waals surface area contributed by atoms with E-state index in [4.69, 9.17) is 9.97 Å². The zero-order valence-corrected chi connectivity index (χ0v) is 22.8. The van der Waals surface area contributed by atoms with Crippen molar-refractivity contribution in [3.8, 4) is 44.8 Å². The molecule has 6 aromatic carbocycles. The fraction of sp³-hybridized carbons (Fsp3) is 0. The van der Waals surface area contributed by atoms with E-state index in [0.29, 0.717) is 0 Å². The van der Waals surface area contributed by atoms with Crippen molar-refractivity contribution in [2.45, 2.75) is 0 Å². The maximum absolute atomic E-state index is 5.10. The van der Waals surface area contributed by atoms with E-state index in [0.717, 1.165) is 39.1 Å². The van der Waals surface area contributed by atoms with Crippen LogP contribution in [0.4, 0.5) is 0 Å². The van der Waals surface area contributed by atoms with Crippen molar-refractivity contribution in [1.29, 1.82) is 0 Å².